The number of carbonyl (C=O) groups excluding carboxylic acids is 3. The summed E-state index contributed by atoms with van der Waals surface area (Å²) < 4.78 is 0.688. The minimum atomic E-state index is -0.722. The number of nitrogens with zero attached hydrogens (tertiary/aromatic N) is 1. The predicted octanol–water partition coefficient (Wildman–Crippen LogP) is 2.64. The highest BCUT2D eigenvalue weighted by atomic mass is 79.9. The molecule has 0 spiro atoms. The lowest BCUT2D eigenvalue weighted by atomic mass is 9.97. The molecule has 3 rings (SSSR count). The summed E-state index contributed by atoms with van der Waals surface area (Å²) >= 11 is 3.53. The molecule has 1 unspecified atom stereocenters. The van der Waals surface area contributed by atoms with Crippen LogP contribution in [-0.2, 0) is 14.4 Å². The molecule has 9 nitrogen and oxygen atoms in total. The van der Waals surface area contributed by atoms with Crippen LogP contribution in [0.2, 0.25) is 0 Å². The molecule has 180 valence electrons. The van der Waals surface area contributed by atoms with Gasteiger partial charge in [0, 0.05) is 21.6 Å². The number of carbonyl (C=O) groups is 3. The van der Waals surface area contributed by atoms with E-state index in [0.717, 1.165) is 31.5 Å². The Kier molecular flexibility index (Phi) is 8.41. The Bertz CT molecular complexity index is 1080. The molecule has 7 N–H and O–H groups in total. The van der Waals surface area contributed by atoms with Crippen molar-refractivity contribution in [2.75, 3.05) is 23.3 Å². The molecule has 1 fully saturated rings. The number of rotatable bonds is 8. The first-order valence-electron chi connectivity index (χ1n) is 11.0. The zero-order valence-corrected chi connectivity index (χ0v) is 20.5. The van der Waals surface area contributed by atoms with E-state index in [9.17, 15) is 14.4 Å². The summed E-state index contributed by atoms with van der Waals surface area (Å²) in [7, 11) is 0. The van der Waals surface area contributed by atoms with Gasteiger partial charge in [0.05, 0.1) is 11.7 Å². The van der Waals surface area contributed by atoms with Crippen molar-refractivity contribution in [2.24, 2.45) is 17.4 Å². The molecule has 0 aromatic heterocycles. The summed E-state index contributed by atoms with van der Waals surface area (Å²) in [5.74, 6) is -1.28. The smallest absolute Gasteiger partial charge is 0.236 e. The van der Waals surface area contributed by atoms with Crippen LogP contribution in [0.4, 0.5) is 11.4 Å². The van der Waals surface area contributed by atoms with E-state index in [1.807, 2.05) is 19.1 Å². The quantitative estimate of drug-likeness (QED) is 0.202. The molecule has 2 aromatic carbocycles. The number of hydrogen-bond acceptors (Lipinski definition) is 5. The standard InChI is InChI=1S/C24H29BrN6O3/c1-14(31(22(33)13-21(26)32)18-5-2-15(3-6-18)23(27)28)17-4-7-20(19(25)12-17)30-24(34)16-8-10-29-11-9-16/h2-7,12,14,16,29H,8-11,13H2,1H3,(H2,26,32)(H3,27,28)(H,30,34). The second-order valence-electron chi connectivity index (χ2n) is 8.30. The molecular weight excluding hydrogens is 500 g/mol. The number of hydrogen-bond donors (Lipinski definition) is 5. The maximum Gasteiger partial charge on any atom is 0.236 e. The largest absolute Gasteiger partial charge is 0.384 e. The van der Waals surface area contributed by atoms with Crippen molar-refractivity contribution < 1.29 is 14.4 Å². The van der Waals surface area contributed by atoms with E-state index < -0.39 is 24.3 Å². The summed E-state index contributed by atoms with van der Waals surface area (Å²) in [4.78, 5) is 38.5. The molecule has 1 aliphatic rings. The van der Waals surface area contributed by atoms with Crippen LogP contribution in [0.3, 0.4) is 0 Å². The van der Waals surface area contributed by atoms with Gasteiger partial charge in [-0.15, -0.1) is 0 Å². The highest BCUT2D eigenvalue weighted by Gasteiger charge is 2.26. The second-order valence-corrected chi connectivity index (χ2v) is 9.15. The first kappa shape index (κ1) is 25.4. The predicted molar refractivity (Wildman–Crippen MR) is 136 cm³/mol. The Morgan fingerprint density at radius 2 is 1.79 bits per heavy atom. The van der Waals surface area contributed by atoms with Gasteiger partial charge < -0.3 is 27.0 Å². The normalized spacial score (nSPS) is 14.8. The van der Waals surface area contributed by atoms with Crippen LogP contribution >= 0.6 is 15.9 Å². The Balaban J connectivity index is 1.84. The van der Waals surface area contributed by atoms with Gasteiger partial charge in [-0.1, -0.05) is 6.07 Å². The molecule has 1 heterocycles. The third kappa shape index (κ3) is 6.21. The summed E-state index contributed by atoms with van der Waals surface area (Å²) in [6.07, 6.45) is 1.17. The van der Waals surface area contributed by atoms with Gasteiger partial charge in [-0.2, -0.15) is 0 Å². The van der Waals surface area contributed by atoms with E-state index in [4.69, 9.17) is 16.9 Å². The van der Waals surface area contributed by atoms with Crippen LogP contribution in [0, 0.1) is 11.3 Å². The summed E-state index contributed by atoms with van der Waals surface area (Å²) in [5.41, 5.74) is 13.3. The van der Waals surface area contributed by atoms with Crippen LogP contribution in [0.15, 0.2) is 46.9 Å². The van der Waals surface area contributed by atoms with Crippen molar-refractivity contribution >= 4 is 50.9 Å². The van der Waals surface area contributed by atoms with Crippen LogP contribution in [0.1, 0.15) is 43.4 Å². The highest BCUT2D eigenvalue weighted by molar-refractivity contribution is 9.10. The van der Waals surface area contributed by atoms with E-state index in [1.54, 1.807) is 30.3 Å². The fraction of sp³-hybridized carbons (Fsp3) is 0.333. The van der Waals surface area contributed by atoms with Gasteiger partial charge in [-0.05, 0) is 90.7 Å². The lowest BCUT2D eigenvalue weighted by Crippen LogP contribution is -2.36. The molecule has 0 bridgehead atoms. The number of nitrogens with one attached hydrogen (secondary N) is 3. The Morgan fingerprint density at radius 3 is 2.35 bits per heavy atom. The summed E-state index contributed by atoms with van der Waals surface area (Å²) in [6, 6.07) is 11.7. The molecular formula is C24H29BrN6O3. The van der Waals surface area contributed by atoms with Gasteiger partial charge in [0.2, 0.25) is 17.7 Å². The minimum absolute atomic E-state index is 0.00757. The zero-order valence-electron chi connectivity index (χ0n) is 18.9. The van der Waals surface area contributed by atoms with Gasteiger partial charge in [-0.3, -0.25) is 19.8 Å². The lowest BCUT2D eigenvalue weighted by Gasteiger charge is -2.30. The van der Waals surface area contributed by atoms with E-state index in [1.165, 1.54) is 4.90 Å². The molecule has 0 radical (unpaired) electrons. The van der Waals surface area contributed by atoms with Gasteiger partial charge in [-0.25, -0.2) is 0 Å². The van der Waals surface area contributed by atoms with Crippen molar-refractivity contribution in [1.29, 1.82) is 5.41 Å². The SMILES string of the molecule is CC(c1ccc(NC(=O)C2CCNCC2)c(Br)c1)N(C(=O)CC(N)=O)c1ccc(C(=N)N)cc1. The Labute approximate surface area is 206 Å². The van der Waals surface area contributed by atoms with Crippen LogP contribution in [-0.4, -0.2) is 36.6 Å². The first-order chi connectivity index (χ1) is 16.2. The number of primary amides is 1. The number of benzene rings is 2. The highest BCUT2D eigenvalue weighted by Crippen LogP contribution is 2.32. The number of anilines is 2. The van der Waals surface area contributed by atoms with Gasteiger partial charge in [0.15, 0.2) is 0 Å². The first-order valence-corrected chi connectivity index (χ1v) is 11.8. The number of amides is 3. The summed E-state index contributed by atoms with van der Waals surface area (Å²) in [6.45, 7) is 3.50. The molecule has 0 aliphatic carbocycles. The third-order valence-electron chi connectivity index (χ3n) is 5.88. The van der Waals surface area contributed by atoms with Gasteiger partial charge >= 0.3 is 0 Å². The minimum Gasteiger partial charge on any atom is -0.384 e. The second kappa shape index (κ2) is 11.3. The zero-order chi connectivity index (χ0) is 24.8. The Hall–Kier alpha value is -3.24. The number of nitrogens with two attached hydrogens (primary N) is 2. The number of nitrogen functional groups attached to an aromatic ring is 1. The van der Waals surface area contributed by atoms with Crippen molar-refractivity contribution in [3.05, 3.63) is 58.1 Å². The monoisotopic (exact) mass is 528 g/mol. The number of piperidine rings is 1. The number of amidine groups is 1. The third-order valence-corrected chi connectivity index (χ3v) is 6.54. The lowest BCUT2D eigenvalue weighted by molar-refractivity contribution is -0.126. The van der Waals surface area contributed by atoms with Gasteiger partial charge in [0.1, 0.15) is 12.3 Å². The van der Waals surface area contributed by atoms with Crippen molar-refractivity contribution in [3.8, 4) is 0 Å². The van der Waals surface area contributed by atoms with E-state index in [2.05, 4.69) is 26.6 Å². The van der Waals surface area contributed by atoms with E-state index >= 15 is 0 Å². The fourth-order valence-corrected chi connectivity index (χ4v) is 4.48. The average Bonchev–Trinajstić information content (AvgIpc) is 2.80. The topological polar surface area (TPSA) is 154 Å². The maximum absolute atomic E-state index is 12.9. The molecule has 1 atom stereocenters. The number of halogens is 1. The molecule has 0 saturated carbocycles. The van der Waals surface area contributed by atoms with Crippen LogP contribution < -0.4 is 27.0 Å². The van der Waals surface area contributed by atoms with Crippen LogP contribution in [0.5, 0.6) is 0 Å². The maximum atomic E-state index is 12.9. The Morgan fingerprint density at radius 1 is 1.15 bits per heavy atom. The molecule has 2 aromatic rings. The molecule has 3 amide bonds. The van der Waals surface area contributed by atoms with Crippen molar-refractivity contribution in [3.63, 3.8) is 0 Å². The molecule has 10 heteroatoms. The molecule has 1 aliphatic heterocycles. The van der Waals surface area contributed by atoms with Crippen LogP contribution in [0.25, 0.3) is 0 Å². The fourth-order valence-electron chi connectivity index (χ4n) is 3.98. The van der Waals surface area contributed by atoms with Crippen molar-refractivity contribution in [2.45, 2.75) is 32.2 Å². The van der Waals surface area contributed by atoms with Crippen molar-refractivity contribution in [1.82, 2.24) is 5.32 Å². The van der Waals surface area contributed by atoms with Gasteiger partial charge in [0.25, 0.3) is 0 Å². The van der Waals surface area contributed by atoms with E-state index in [-0.39, 0.29) is 17.7 Å². The average molecular weight is 529 g/mol. The molecule has 34 heavy (non-hydrogen) atoms. The molecule has 1 saturated heterocycles. The summed E-state index contributed by atoms with van der Waals surface area (Å²) in [5, 5.41) is 13.8. The van der Waals surface area contributed by atoms with E-state index in [0.29, 0.717) is 21.4 Å².